The molecule has 1 N–H and O–H groups in total. The third kappa shape index (κ3) is 8.32. The number of methoxy groups -OCH3 is 3. The fourth-order valence-corrected chi connectivity index (χ4v) is 7.11. The van der Waals surface area contributed by atoms with Crippen molar-refractivity contribution in [3.8, 4) is 17.2 Å². The number of carbonyl (C=O) groups is 2. The second-order valence-corrected chi connectivity index (χ2v) is 13.3. The second kappa shape index (κ2) is 16.2. The van der Waals surface area contributed by atoms with E-state index in [9.17, 15) is 9.59 Å². The number of aromatic nitrogens is 1. The van der Waals surface area contributed by atoms with Crippen LogP contribution in [0.4, 0.5) is 14.9 Å². The molecule has 7 rings (SSSR count). The number of hydrogen-bond acceptors (Lipinski definition) is 8. The van der Waals surface area contributed by atoms with Gasteiger partial charge in [0.1, 0.15) is 28.0 Å². The highest BCUT2D eigenvalue weighted by Crippen LogP contribution is 2.36. The maximum Gasteiger partial charge on any atom is 0.415 e. The zero-order valence-electron chi connectivity index (χ0n) is 28.5. The molecule has 2 atom stereocenters. The highest BCUT2D eigenvalue weighted by Gasteiger charge is 2.38. The smallest absolute Gasteiger partial charge is 0.415 e. The van der Waals surface area contributed by atoms with E-state index in [2.05, 4.69) is 9.88 Å². The molecule has 13 heteroatoms. The summed E-state index contributed by atoms with van der Waals surface area (Å²) in [5.41, 5.74) is 2.19. The van der Waals surface area contributed by atoms with Gasteiger partial charge in [-0.25, -0.2) is 19.0 Å². The zero-order chi connectivity index (χ0) is 36.1. The number of rotatable bonds is 12. The van der Waals surface area contributed by atoms with Gasteiger partial charge in [0.25, 0.3) is 0 Å². The van der Waals surface area contributed by atoms with E-state index in [1.54, 1.807) is 60.9 Å². The lowest BCUT2D eigenvalue weighted by atomic mass is 9.86. The number of ether oxygens (including phenoxy) is 5. The van der Waals surface area contributed by atoms with Crippen LogP contribution in [0.5, 0.6) is 17.2 Å². The molecule has 0 saturated carbocycles. The quantitative estimate of drug-likeness (QED) is 0.139. The van der Waals surface area contributed by atoms with E-state index in [4.69, 9.17) is 46.9 Å². The van der Waals surface area contributed by atoms with Crippen LogP contribution in [0, 0.1) is 11.7 Å². The number of benzene rings is 3. The van der Waals surface area contributed by atoms with Gasteiger partial charge in [-0.3, -0.25) is 9.80 Å². The van der Waals surface area contributed by atoms with Crippen LogP contribution in [-0.4, -0.2) is 64.0 Å². The lowest BCUT2D eigenvalue weighted by Gasteiger charge is -2.44. The maximum absolute atomic E-state index is 15.4. The van der Waals surface area contributed by atoms with Crippen molar-refractivity contribution in [3.05, 3.63) is 111 Å². The summed E-state index contributed by atoms with van der Waals surface area (Å²) in [7, 11) is 4.50. The number of carbonyl (C=O) groups excluding carboxylic acids is 2. The summed E-state index contributed by atoms with van der Waals surface area (Å²) in [4.78, 5) is 33.8. The Bertz CT molecular complexity index is 1850. The van der Waals surface area contributed by atoms with E-state index >= 15 is 4.39 Å². The van der Waals surface area contributed by atoms with Crippen LogP contribution in [0.25, 0.3) is 0 Å². The van der Waals surface area contributed by atoms with Crippen LogP contribution in [-0.2, 0) is 22.4 Å². The average molecular weight is 740 g/mol. The summed E-state index contributed by atoms with van der Waals surface area (Å²) >= 11 is 12.9. The lowest BCUT2D eigenvalue weighted by Crippen LogP contribution is -2.53. The van der Waals surface area contributed by atoms with Crippen molar-refractivity contribution in [3.63, 3.8) is 0 Å². The summed E-state index contributed by atoms with van der Waals surface area (Å²) in [5, 5.41) is 0.775. The highest BCUT2D eigenvalue weighted by molar-refractivity contribution is 6.35. The molecule has 4 heterocycles. The molecule has 51 heavy (non-hydrogen) atoms. The molecule has 268 valence electrons. The van der Waals surface area contributed by atoms with Gasteiger partial charge in [-0.1, -0.05) is 41.4 Å². The summed E-state index contributed by atoms with van der Waals surface area (Å²) in [5.74, 6) is 0.356. The van der Waals surface area contributed by atoms with E-state index in [-0.39, 0.29) is 36.2 Å². The number of esters is 1. The molecule has 3 aliphatic rings. The number of aromatic amines is 1. The van der Waals surface area contributed by atoms with E-state index < -0.39 is 24.0 Å². The molecule has 2 bridgehead atoms. The second-order valence-electron chi connectivity index (χ2n) is 12.5. The minimum absolute atomic E-state index is 0.00516. The minimum Gasteiger partial charge on any atom is -0.497 e. The Balaban J connectivity index is 1.23. The Kier molecular flexibility index (Phi) is 11.5. The SMILES string of the molecule is COc1ccc(N(Cc2ccc(C(=O)O[C@@H](Cc3c(Cl)c[nH+]cc3Cl)c3ccc(OC)c(OC)c3)cc2)C(=O)O[C@H]2CN3CCC2CC3)c(F)c1. The average Bonchev–Trinajstić information content (AvgIpc) is 3.15. The Morgan fingerprint density at radius 3 is 2.24 bits per heavy atom. The maximum atomic E-state index is 15.4. The van der Waals surface area contributed by atoms with Crippen LogP contribution >= 0.6 is 23.2 Å². The molecule has 3 aliphatic heterocycles. The van der Waals surface area contributed by atoms with Crippen LogP contribution in [0.3, 0.4) is 0 Å². The molecule has 1 amide bonds. The Labute approximate surface area is 305 Å². The monoisotopic (exact) mass is 738 g/mol. The molecule has 1 aromatic heterocycles. The van der Waals surface area contributed by atoms with Gasteiger partial charge in [-0.15, -0.1) is 0 Å². The molecule has 0 radical (unpaired) electrons. The van der Waals surface area contributed by atoms with E-state index in [1.165, 1.54) is 38.4 Å². The standard InChI is InChI=1S/C38H38Cl2FN3O7/c1-47-27-9-10-32(31(41)17-27)44(38(46)51-36-22-43-14-12-24(36)13-15-43)21-23-4-6-25(7-5-23)37(45)50-34(18-28-29(39)19-42-20-30(28)40)26-8-11-33(48-2)35(16-26)49-3/h4-11,16-17,19-20,24,34,36H,12-15,18,21-22H2,1-3H3/p+1/t34-,36-/m0/s1. The number of piperidine rings is 3. The Morgan fingerprint density at radius 2 is 1.63 bits per heavy atom. The minimum atomic E-state index is -0.802. The van der Waals surface area contributed by atoms with Gasteiger partial charge in [0.15, 0.2) is 29.7 Å². The summed E-state index contributed by atoms with van der Waals surface area (Å²) in [6.45, 7) is 2.64. The summed E-state index contributed by atoms with van der Waals surface area (Å²) in [6.07, 6.45) is 3.59. The van der Waals surface area contributed by atoms with Crippen molar-refractivity contribution in [2.45, 2.75) is 38.0 Å². The molecule has 3 fully saturated rings. The number of nitrogens with zero attached hydrogens (tertiary/aromatic N) is 2. The van der Waals surface area contributed by atoms with Crippen molar-refractivity contribution in [1.29, 1.82) is 0 Å². The predicted molar refractivity (Wildman–Crippen MR) is 189 cm³/mol. The first-order valence-electron chi connectivity index (χ1n) is 16.6. The van der Waals surface area contributed by atoms with Crippen molar-refractivity contribution in [1.82, 2.24) is 4.90 Å². The fraction of sp³-hybridized carbons (Fsp3) is 0.342. The van der Waals surface area contributed by atoms with E-state index in [0.29, 0.717) is 50.5 Å². The van der Waals surface area contributed by atoms with Crippen molar-refractivity contribution < 1.29 is 42.6 Å². The van der Waals surface area contributed by atoms with Crippen LogP contribution < -0.4 is 24.1 Å². The van der Waals surface area contributed by atoms with Gasteiger partial charge in [-0.2, -0.15) is 0 Å². The molecule has 3 aromatic carbocycles. The van der Waals surface area contributed by atoms with Crippen LogP contribution in [0.1, 0.15) is 46.0 Å². The van der Waals surface area contributed by atoms with E-state index in [0.717, 1.165) is 25.9 Å². The number of hydrogen-bond donors (Lipinski definition) is 0. The fourth-order valence-electron chi connectivity index (χ4n) is 6.58. The third-order valence-corrected chi connectivity index (χ3v) is 10.1. The molecule has 0 spiro atoms. The number of anilines is 1. The predicted octanol–water partition coefficient (Wildman–Crippen LogP) is 7.35. The number of nitrogens with one attached hydrogen (secondary N) is 1. The third-order valence-electron chi connectivity index (χ3n) is 9.46. The first-order valence-corrected chi connectivity index (χ1v) is 17.3. The number of halogens is 3. The van der Waals surface area contributed by atoms with Gasteiger partial charge >= 0.3 is 12.1 Å². The van der Waals surface area contributed by atoms with Gasteiger partial charge in [0.05, 0.1) is 39.1 Å². The Morgan fingerprint density at radius 1 is 0.922 bits per heavy atom. The lowest BCUT2D eigenvalue weighted by molar-refractivity contribution is -0.377. The number of pyridine rings is 1. The first-order chi connectivity index (χ1) is 24.7. The molecule has 10 nitrogen and oxygen atoms in total. The topological polar surface area (TPSA) is 101 Å². The van der Waals surface area contributed by atoms with Crippen molar-refractivity contribution in [2.24, 2.45) is 5.92 Å². The molecule has 3 saturated heterocycles. The Hall–Kier alpha value is -4.58. The van der Waals surface area contributed by atoms with Crippen molar-refractivity contribution in [2.75, 3.05) is 45.9 Å². The molecular weight excluding hydrogens is 700 g/mol. The normalized spacial score (nSPS) is 18.4. The number of fused-ring (bicyclic) bond motifs is 3. The van der Waals surface area contributed by atoms with E-state index in [1.807, 2.05) is 0 Å². The molecule has 0 aliphatic carbocycles. The van der Waals surface area contributed by atoms with Gasteiger partial charge in [0, 0.05) is 24.6 Å². The largest absolute Gasteiger partial charge is 0.497 e. The van der Waals surface area contributed by atoms with Crippen LogP contribution in [0.15, 0.2) is 73.1 Å². The van der Waals surface area contributed by atoms with Gasteiger partial charge in [0.2, 0.25) is 0 Å². The first kappa shape index (κ1) is 36.2. The molecule has 0 unspecified atom stereocenters. The van der Waals surface area contributed by atoms with Crippen molar-refractivity contribution >= 4 is 41.0 Å². The van der Waals surface area contributed by atoms with Crippen LogP contribution in [0.2, 0.25) is 10.0 Å². The summed E-state index contributed by atoms with van der Waals surface area (Å²) in [6, 6.07) is 16.1. The highest BCUT2D eigenvalue weighted by atomic mass is 35.5. The molecule has 4 aromatic rings. The summed E-state index contributed by atoms with van der Waals surface area (Å²) < 4.78 is 43.5. The number of H-pyrrole nitrogens is 1. The van der Waals surface area contributed by atoms with Gasteiger partial charge in [-0.05, 0) is 79.4 Å². The van der Waals surface area contributed by atoms with Gasteiger partial charge < -0.3 is 23.7 Å². The number of amides is 1. The zero-order valence-corrected chi connectivity index (χ0v) is 30.0. The molecular formula is C38H39Cl2FN3O7+.